The molecular weight excluding hydrogens is 205 g/mol. The van der Waals surface area contributed by atoms with Crippen LogP contribution < -0.4 is 5.73 Å². The average molecular weight is 226 g/mol. The Balaban J connectivity index is 3.53. The number of unbranched alkanes of at least 4 members (excludes halogenated alkanes) is 3. The minimum absolute atomic E-state index is 0.455. The summed E-state index contributed by atoms with van der Waals surface area (Å²) in [5.41, 5.74) is 5.32. The molecule has 0 rings (SSSR count). The SMILES string of the molecule is CCN(CCCCCCN)CC(F)(F)F. The molecule has 0 aromatic heterocycles. The Morgan fingerprint density at radius 1 is 1.07 bits per heavy atom. The van der Waals surface area contributed by atoms with E-state index in [1.54, 1.807) is 6.92 Å². The average Bonchev–Trinajstić information content (AvgIpc) is 2.14. The largest absolute Gasteiger partial charge is 0.401 e. The summed E-state index contributed by atoms with van der Waals surface area (Å²) in [7, 11) is 0. The first-order valence-corrected chi connectivity index (χ1v) is 5.48. The van der Waals surface area contributed by atoms with Crippen LogP contribution in [0.5, 0.6) is 0 Å². The Labute approximate surface area is 89.6 Å². The van der Waals surface area contributed by atoms with E-state index in [0.717, 1.165) is 25.7 Å². The van der Waals surface area contributed by atoms with Crippen LogP contribution in [0.25, 0.3) is 0 Å². The molecule has 0 amide bonds. The number of alkyl halides is 3. The monoisotopic (exact) mass is 226 g/mol. The quantitative estimate of drug-likeness (QED) is 0.644. The lowest BCUT2D eigenvalue weighted by Crippen LogP contribution is -2.34. The van der Waals surface area contributed by atoms with Crippen LogP contribution in [0.4, 0.5) is 13.2 Å². The van der Waals surface area contributed by atoms with Gasteiger partial charge in [-0.3, -0.25) is 4.90 Å². The van der Waals surface area contributed by atoms with Gasteiger partial charge in [0.2, 0.25) is 0 Å². The molecule has 0 fully saturated rings. The Bertz CT molecular complexity index is 148. The van der Waals surface area contributed by atoms with Gasteiger partial charge in [0.05, 0.1) is 6.54 Å². The standard InChI is InChI=1S/C10H21F3N2/c1-2-15(9-10(11,12)13)8-6-4-3-5-7-14/h2-9,14H2,1H3. The van der Waals surface area contributed by atoms with Gasteiger partial charge < -0.3 is 5.73 Å². The van der Waals surface area contributed by atoms with Crippen molar-refractivity contribution in [3.8, 4) is 0 Å². The summed E-state index contributed by atoms with van der Waals surface area (Å²) in [6.45, 7) is 2.61. The molecule has 0 aliphatic carbocycles. The normalized spacial score (nSPS) is 12.4. The van der Waals surface area contributed by atoms with E-state index in [-0.39, 0.29) is 0 Å². The number of nitrogens with zero attached hydrogens (tertiary/aromatic N) is 1. The van der Waals surface area contributed by atoms with Crippen LogP contribution in [0, 0.1) is 0 Å². The van der Waals surface area contributed by atoms with E-state index in [1.165, 1.54) is 4.90 Å². The third-order valence-corrected chi connectivity index (χ3v) is 2.28. The summed E-state index contributed by atoms with van der Waals surface area (Å²) in [6.07, 6.45) is -0.311. The zero-order valence-corrected chi connectivity index (χ0v) is 9.32. The van der Waals surface area contributed by atoms with E-state index in [9.17, 15) is 13.2 Å². The molecule has 0 bridgehead atoms. The zero-order valence-electron chi connectivity index (χ0n) is 9.32. The molecule has 0 heterocycles. The number of rotatable bonds is 8. The zero-order chi connectivity index (χ0) is 11.7. The Hall–Kier alpha value is -0.290. The Morgan fingerprint density at radius 3 is 2.13 bits per heavy atom. The first-order chi connectivity index (χ1) is 6.99. The van der Waals surface area contributed by atoms with Crippen LogP contribution >= 0.6 is 0 Å². The van der Waals surface area contributed by atoms with Gasteiger partial charge in [0.15, 0.2) is 0 Å². The fourth-order valence-electron chi connectivity index (χ4n) is 1.44. The van der Waals surface area contributed by atoms with Gasteiger partial charge in [-0.15, -0.1) is 0 Å². The van der Waals surface area contributed by atoms with Gasteiger partial charge in [-0.1, -0.05) is 19.8 Å². The van der Waals surface area contributed by atoms with E-state index in [1.807, 2.05) is 0 Å². The summed E-state index contributed by atoms with van der Waals surface area (Å²) < 4.78 is 36.2. The van der Waals surface area contributed by atoms with Crippen molar-refractivity contribution in [2.24, 2.45) is 5.73 Å². The molecule has 0 unspecified atom stereocenters. The third kappa shape index (κ3) is 10.0. The van der Waals surface area contributed by atoms with E-state index < -0.39 is 12.7 Å². The van der Waals surface area contributed by atoms with Crippen molar-refractivity contribution in [3.63, 3.8) is 0 Å². The van der Waals surface area contributed by atoms with Crippen molar-refractivity contribution in [1.82, 2.24) is 4.90 Å². The molecule has 0 aromatic carbocycles. The molecule has 0 aliphatic rings. The molecule has 5 heteroatoms. The van der Waals surface area contributed by atoms with Gasteiger partial charge in [0.1, 0.15) is 0 Å². The highest BCUT2D eigenvalue weighted by molar-refractivity contribution is 4.61. The second-order valence-electron chi connectivity index (χ2n) is 3.69. The molecule has 92 valence electrons. The number of halogens is 3. The van der Waals surface area contributed by atoms with Crippen LogP contribution in [-0.2, 0) is 0 Å². The highest BCUT2D eigenvalue weighted by atomic mass is 19.4. The van der Waals surface area contributed by atoms with Crippen molar-refractivity contribution in [2.45, 2.75) is 38.8 Å². The Kier molecular flexibility index (Phi) is 7.78. The highest BCUT2D eigenvalue weighted by Gasteiger charge is 2.29. The highest BCUT2D eigenvalue weighted by Crippen LogP contribution is 2.16. The lowest BCUT2D eigenvalue weighted by molar-refractivity contribution is -0.145. The van der Waals surface area contributed by atoms with Gasteiger partial charge in [-0.2, -0.15) is 13.2 Å². The summed E-state index contributed by atoms with van der Waals surface area (Å²) >= 11 is 0. The van der Waals surface area contributed by atoms with Crippen LogP contribution in [0.2, 0.25) is 0 Å². The van der Waals surface area contributed by atoms with Crippen molar-refractivity contribution in [2.75, 3.05) is 26.2 Å². The van der Waals surface area contributed by atoms with Gasteiger partial charge in [0, 0.05) is 0 Å². The number of hydrogen-bond donors (Lipinski definition) is 1. The first-order valence-electron chi connectivity index (χ1n) is 5.48. The second-order valence-corrected chi connectivity index (χ2v) is 3.69. The molecule has 2 N–H and O–H groups in total. The van der Waals surface area contributed by atoms with Gasteiger partial charge in [0.25, 0.3) is 0 Å². The van der Waals surface area contributed by atoms with Crippen molar-refractivity contribution in [3.05, 3.63) is 0 Å². The summed E-state index contributed by atoms with van der Waals surface area (Å²) in [5.74, 6) is 0. The van der Waals surface area contributed by atoms with E-state index >= 15 is 0 Å². The molecule has 0 saturated carbocycles. The fourth-order valence-corrected chi connectivity index (χ4v) is 1.44. The second kappa shape index (κ2) is 7.93. The molecule has 2 nitrogen and oxygen atoms in total. The van der Waals surface area contributed by atoms with Gasteiger partial charge in [-0.25, -0.2) is 0 Å². The first kappa shape index (κ1) is 14.7. The predicted molar refractivity (Wildman–Crippen MR) is 55.7 cm³/mol. The fraction of sp³-hybridized carbons (Fsp3) is 1.00. The van der Waals surface area contributed by atoms with Crippen molar-refractivity contribution >= 4 is 0 Å². The third-order valence-electron chi connectivity index (χ3n) is 2.28. The molecule has 0 saturated heterocycles. The van der Waals surface area contributed by atoms with E-state index in [0.29, 0.717) is 19.6 Å². The molecule has 0 spiro atoms. The maximum Gasteiger partial charge on any atom is 0.401 e. The van der Waals surface area contributed by atoms with Gasteiger partial charge >= 0.3 is 6.18 Å². The smallest absolute Gasteiger partial charge is 0.330 e. The molecular formula is C10H21F3N2. The van der Waals surface area contributed by atoms with E-state index in [2.05, 4.69) is 0 Å². The number of nitrogens with two attached hydrogens (primary N) is 1. The van der Waals surface area contributed by atoms with Crippen LogP contribution in [0.15, 0.2) is 0 Å². The minimum Gasteiger partial charge on any atom is -0.330 e. The van der Waals surface area contributed by atoms with Gasteiger partial charge in [-0.05, 0) is 32.5 Å². The summed E-state index contributed by atoms with van der Waals surface area (Å²) in [6, 6.07) is 0. The minimum atomic E-state index is -4.08. The topological polar surface area (TPSA) is 29.3 Å². The van der Waals surface area contributed by atoms with E-state index in [4.69, 9.17) is 5.73 Å². The molecule has 0 radical (unpaired) electrons. The lowest BCUT2D eigenvalue weighted by atomic mass is 10.2. The summed E-state index contributed by atoms with van der Waals surface area (Å²) in [4.78, 5) is 1.43. The maximum atomic E-state index is 12.1. The predicted octanol–water partition coefficient (Wildman–Crippen LogP) is 2.39. The number of hydrogen-bond acceptors (Lipinski definition) is 2. The maximum absolute atomic E-state index is 12.1. The Morgan fingerprint density at radius 2 is 1.67 bits per heavy atom. The lowest BCUT2D eigenvalue weighted by Gasteiger charge is -2.21. The van der Waals surface area contributed by atoms with Crippen LogP contribution in [0.3, 0.4) is 0 Å². The molecule has 0 aliphatic heterocycles. The molecule has 0 atom stereocenters. The molecule has 0 aromatic rings. The van der Waals surface area contributed by atoms with Crippen molar-refractivity contribution in [1.29, 1.82) is 0 Å². The molecule has 15 heavy (non-hydrogen) atoms. The van der Waals surface area contributed by atoms with Crippen molar-refractivity contribution < 1.29 is 13.2 Å². The summed E-state index contributed by atoms with van der Waals surface area (Å²) in [5, 5.41) is 0. The van der Waals surface area contributed by atoms with Crippen LogP contribution in [-0.4, -0.2) is 37.3 Å². The van der Waals surface area contributed by atoms with Crippen LogP contribution in [0.1, 0.15) is 32.6 Å².